The largest absolute Gasteiger partial charge is 0.337 e. The van der Waals surface area contributed by atoms with Gasteiger partial charge in [0.15, 0.2) is 0 Å². The molecule has 0 radical (unpaired) electrons. The SMILES string of the molecule is Cn1c(Br)cc(C#N)c1-c1ccc(Cl)cc1Cl. The van der Waals surface area contributed by atoms with E-state index < -0.39 is 0 Å². The molecule has 17 heavy (non-hydrogen) atoms. The minimum Gasteiger partial charge on any atom is -0.337 e. The second-order valence-corrected chi connectivity index (χ2v) is 5.18. The molecule has 0 atom stereocenters. The van der Waals surface area contributed by atoms with Crippen LogP contribution in [0, 0.1) is 11.3 Å². The van der Waals surface area contributed by atoms with Crippen molar-refractivity contribution in [3.05, 3.63) is 44.5 Å². The average Bonchev–Trinajstić information content (AvgIpc) is 2.56. The maximum Gasteiger partial charge on any atom is 0.101 e. The summed E-state index contributed by atoms with van der Waals surface area (Å²) < 4.78 is 2.70. The summed E-state index contributed by atoms with van der Waals surface area (Å²) >= 11 is 15.4. The molecule has 0 amide bonds. The first kappa shape index (κ1) is 12.5. The van der Waals surface area contributed by atoms with Crippen LogP contribution in [-0.2, 0) is 7.05 Å². The molecule has 1 heterocycles. The number of rotatable bonds is 1. The minimum absolute atomic E-state index is 0.530. The fourth-order valence-electron chi connectivity index (χ4n) is 1.66. The molecule has 0 aliphatic heterocycles. The van der Waals surface area contributed by atoms with E-state index in [-0.39, 0.29) is 0 Å². The number of halogens is 3. The summed E-state index contributed by atoms with van der Waals surface area (Å²) in [4.78, 5) is 0. The zero-order chi connectivity index (χ0) is 12.6. The highest BCUT2D eigenvalue weighted by atomic mass is 79.9. The van der Waals surface area contributed by atoms with Crippen LogP contribution in [-0.4, -0.2) is 4.57 Å². The third kappa shape index (κ3) is 2.21. The Kier molecular flexibility index (Phi) is 3.48. The quantitative estimate of drug-likeness (QED) is 0.749. The van der Waals surface area contributed by atoms with Crippen LogP contribution in [0.4, 0.5) is 0 Å². The van der Waals surface area contributed by atoms with Crippen LogP contribution in [0.1, 0.15) is 5.56 Å². The number of hydrogen-bond donors (Lipinski definition) is 0. The third-order valence-electron chi connectivity index (χ3n) is 2.48. The fraction of sp³-hybridized carbons (Fsp3) is 0.0833. The molecule has 2 aromatic rings. The van der Waals surface area contributed by atoms with Crippen LogP contribution in [0.5, 0.6) is 0 Å². The van der Waals surface area contributed by atoms with Crippen LogP contribution < -0.4 is 0 Å². The molecule has 0 saturated carbocycles. The van der Waals surface area contributed by atoms with Gasteiger partial charge in [-0.1, -0.05) is 23.2 Å². The lowest BCUT2D eigenvalue weighted by atomic mass is 10.1. The van der Waals surface area contributed by atoms with Crippen molar-refractivity contribution in [1.29, 1.82) is 5.26 Å². The first-order valence-corrected chi connectivity index (χ1v) is 6.30. The Morgan fingerprint density at radius 3 is 2.59 bits per heavy atom. The zero-order valence-corrected chi connectivity index (χ0v) is 11.9. The Hall–Kier alpha value is -0.950. The average molecular weight is 330 g/mol. The summed E-state index contributed by atoms with van der Waals surface area (Å²) in [5, 5.41) is 10.2. The Morgan fingerprint density at radius 2 is 2.00 bits per heavy atom. The van der Waals surface area contributed by atoms with Crippen molar-refractivity contribution < 1.29 is 0 Å². The van der Waals surface area contributed by atoms with Gasteiger partial charge in [0.1, 0.15) is 6.07 Å². The Bertz CT molecular complexity index is 626. The molecule has 0 aliphatic rings. The summed E-state index contributed by atoms with van der Waals surface area (Å²) in [6.45, 7) is 0. The van der Waals surface area contributed by atoms with Gasteiger partial charge in [0.25, 0.3) is 0 Å². The summed E-state index contributed by atoms with van der Waals surface area (Å²) in [6.07, 6.45) is 0. The molecule has 0 saturated heterocycles. The normalized spacial score (nSPS) is 10.3. The lowest BCUT2D eigenvalue weighted by Gasteiger charge is -2.08. The third-order valence-corrected chi connectivity index (χ3v) is 3.79. The predicted octanol–water partition coefficient (Wildman–Crippen LogP) is 4.63. The van der Waals surface area contributed by atoms with E-state index in [1.165, 1.54) is 0 Å². The van der Waals surface area contributed by atoms with Crippen molar-refractivity contribution in [3.8, 4) is 17.3 Å². The lowest BCUT2D eigenvalue weighted by Crippen LogP contribution is -1.93. The zero-order valence-electron chi connectivity index (χ0n) is 8.84. The number of nitrogens with zero attached hydrogens (tertiary/aromatic N) is 2. The molecule has 0 spiro atoms. The number of nitriles is 1. The van der Waals surface area contributed by atoms with E-state index in [2.05, 4.69) is 22.0 Å². The number of benzene rings is 1. The van der Waals surface area contributed by atoms with E-state index in [0.717, 1.165) is 15.9 Å². The molecule has 0 N–H and O–H groups in total. The van der Waals surface area contributed by atoms with Crippen molar-refractivity contribution in [2.75, 3.05) is 0 Å². The van der Waals surface area contributed by atoms with E-state index >= 15 is 0 Å². The Morgan fingerprint density at radius 1 is 1.29 bits per heavy atom. The molecule has 2 nitrogen and oxygen atoms in total. The van der Waals surface area contributed by atoms with Gasteiger partial charge >= 0.3 is 0 Å². The summed E-state index contributed by atoms with van der Waals surface area (Å²) in [5.74, 6) is 0. The standard InChI is InChI=1S/C12H7BrCl2N2/c1-17-11(13)4-7(6-16)12(17)9-3-2-8(14)5-10(9)15/h2-5H,1H3. The van der Waals surface area contributed by atoms with Crippen molar-refractivity contribution in [1.82, 2.24) is 4.57 Å². The summed E-state index contributed by atoms with van der Waals surface area (Å²) in [5.41, 5.74) is 2.14. The lowest BCUT2D eigenvalue weighted by molar-refractivity contribution is 0.910. The van der Waals surface area contributed by atoms with Crippen LogP contribution in [0.15, 0.2) is 28.9 Å². The molecule has 1 aromatic heterocycles. The first-order chi connectivity index (χ1) is 8.04. The number of hydrogen-bond acceptors (Lipinski definition) is 1. The van der Waals surface area contributed by atoms with E-state index in [4.69, 9.17) is 28.5 Å². The monoisotopic (exact) mass is 328 g/mol. The van der Waals surface area contributed by atoms with Crippen LogP contribution >= 0.6 is 39.1 Å². The topological polar surface area (TPSA) is 28.7 Å². The van der Waals surface area contributed by atoms with Gasteiger partial charge in [-0.15, -0.1) is 0 Å². The number of aromatic nitrogens is 1. The highest BCUT2D eigenvalue weighted by molar-refractivity contribution is 9.10. The molecular formula is C12H7BrCl2N2. The van der Waals surface area contributed by atoms with E-state index in [9.17, 15) is 0 Å². The maximum atomic E-state index is 9.11. The predicted molar refractivity (Wildman–Crippen MR) is 73.3 cm³/mol. The van der Waals surface area contributed by atoms with Gasteiger partial charge in [-0.3, -0.25) is 0 Å². The van der Waals surface area contributed by atoms with Crippen molar-refractivity contribution in [2.24, 2.45) is 7.05 Å². The van der Waals surface area contributed by atoms with Crippen molar-refractivity contribution in [3.63, 3.8) is 0 Å². The molecule has 0 bridgehead atoms. The highest BCUT2D eigenvalue weighted by Crippen LogP contribution is 2.34. The van der Waals surface area contributed by atoms with Gasteiger partial charge in [-0.05, 0) is 40.2 Å². The van der Waals surface area contributed by atoms with Gasteiger partial charge in [0.05, 0.1) is 20.9 Å². The van der Waals surface area contributed by atoms with Crippen molar-refractivity contribution in [2.45, 2.75) is 0 Å². The van der Waals surface area contributed by atoms with Gasteiger partial charge in [0.2, 0.25) is 0 Å². The Balaban J connectivity index is 2.73. The molecular weight excluding hydrogens is 323 g/mol. The van der Waals surface area contributed by atoms with E-state index in [0.29, 0.717) is 15.6 Å². The molecule has 0 fully saturated rings. The molecule has 0 aliphatic carbocycles. The minimum atomic E-state index is 0.530. The van der Waals surface area contributed by atoms with E-state index in [1.807, 2.05) is 17.7 Å². The second kappa shape index (κ2) is 4.73. The molecule has 86 valence electrons. The van der Waals surface area contributed by atoms with Gasteiger partial charge in [0, 0.05) is 17.6 Å². The van der Waals surface area contributed by atoms with Gasteiger partial charge in [-0.25, -0.2) is 0 Å². The van der Waals surface area contributed by atoms with Crippen LogP contribution in [0.3, 0.4) is 0 Å². The second-order valence-electron chi connectivity index (χ2n) is 3.52. The molecule has 1 aromatic carbocycles. The Labute approximate surface area is 118 Å². The molecule has 5 heteroatoms. The van der Waals surface area contributed by atoms with Crippen molar-refractivity contribution >= 4 is 39.1 Å². The van der Waals surface area contributed by atoms with Gasteiger partial charge in [-0.2, -0.15) is 5.26 Å². The summed E-state index contributed by atoms with van der Waals surface area (Å²) in [7, 11) is 1.87. The molecule has 2 rings (SSSR count). The van der Waals surface area contributed by atoms with Crippen LogP contribution in [0.25, 0.3) is 11.3 Å². The molecule has 0 unspecified atom stereocenters. The van der Waals surface area contributed by atoms with E-state index in [1.54, 1.807) is 18.2 Å². The summed E-state index contributed by atoms with van der Waals surface area (Å²) in [6, 6.07) is 9.15. The fourth-order valence-corrected chi connectivity index (χ4v) is 2.57. The highest BCUT2D eigenvalue weighted by Gasteiger charge is 2.15. The maximum absolute atomic E-state index is 9.11. The smallest absolute Gasteiger partial charge is 0.101 e. The van der Waals surface area contributed by atoms with Crippen LogP contribution in [0.2, 0.25) is 10.0 Å². The van der Waals surface area contributed by atoms with Gasteiger partial charge < -0.3 is 4.57 Å². The first-order valence-electron chi connectivity index (χ1n) is 4.75.